The van der Waals surface area contributed by atoms with Crippen molar-refractivity contribution in [3.63, 3.8) is 0 Å². The summed E-state index contributed by atoms with van der Waals surface area (Å²) in [7, 11) is 0. The molecule has 2 aromatic carbocycles. The van der Waals surface area contributed by atoms with Crippen LogP contribution in [0.25, 0.3) is 0 Å². The van der Waals surface area contributed by atoms with Gasteiger partial charge in [-0.25, -0.2) is 0 Å². The largest absolute Gasteiger partial charge is 0.366 e. The molecule has 0 unspecified atom stereocenters. The summed E-state index contributed by atoms with van der Waals surface area (Å²) in [6, 6.07) is 17.0. The van der Waals surface area contributed by atoms with E-state index in [9.17, 15) is 14.4 Å². The Morgan fingerprint density at radius 2 is 1.56 bits per heavy atom. The van der Waals surface area contributed by atoms with Gasteiger partial charge in [-0.15, -0.1) is 0 Å². The van der Waals surface area contributed by atoms with E-state index in [1.165, 1.54) is 35.0 Å². The molecule has 1 aromatic heterocycles. The van der Waals surface area contributed by atoms with Gasteiger partial charge in [0.15, 0.2) is 0 Å². The van der Waals surface area contributed by atoms with Crippen LogP contribution in [-0.2, 0) is 6.54 Å². The second-order valence-corrected chi connectivity index (χ2v) is 6.27. The number of benzene rings is 2. The lowest BCUT2D eigenvalue weighted by Crippen LogP contribution is -2.22. The first-order valence-corrected chi connectivity index (χ1v) is 8.39. The zero-order valence-electron chi connectivity index (χ0n) is 14.8. The molecule has 0 aliphatic rings. The van der Waals surface area contributed by atoms with E-state index in [0.29, 0.717) is 23.4 Å². The maximum atomic E-state index is 12.5. The van der Waals surface area contributed by atoms with Gasteiger partial charge in [0.1, 0.15) is 0 Å². The molecule has 0 aliphatic carbocycles. The number of pyridine rings is 1. The Labute approximate surface area is 156 Å². The van der Waals surface area contributed by atoms with E-state index in [0.717, 1.165) is 11.1 Å². The van der Waals surface area contributed by atoms with Crippen molar-refractivity contribution in [3.05, 3.63) is 99.5 Å². The van der Waals surface area contributed by atoms with Crippen LogP contribution in [0.1, 0.15) is 31.8 Å². The molecule has 0 atom stereocenters. The van der Waals surface area contributed by atoms with Crippen molar-refractivity contribution in [2.75, 3.05) is 5.32 Å². The van der Waals surface area contributed by atoms with E-state index in [1.54, 1.807) is 12.1 Å². The van der Waals surface area contributed by atoms with Gasteiger partial charge in [-0.05, 0) is 42.8 Å². The summed E-state index contributed by atoms with van der Waals surface area (Å²) in [5.74, 6) is -0.879. The molecule has 27 heavy (non-hydrogen) atoms. The molecule has 0 fully saturated rings. The fourth-order valence-electron chi connectivity index (χ4n) is 2.60. The summed E-state index contributed by atoms with van der Waals surface area (Å²) >= 11 is 0. The van der Waals surface area contributed by atoms with Gasteiger partial charge in [0, 0.05) is 23.5 Å². The topological polar surface area (TPSA) is 94.2 Å². The zero-order chi connectivity index (χ0) is 19.4. The van der Waals surface area contributed by atoms with Gasteiger partial charge < -0.3 is 15.6 Å². The van der Waals surface area contributed by atoms with Crippen LogP contribution in [0.15, 0.2) is 71.7 Å². The standard InChI is InChI=1S/C21H19N3O3/c1-14-2-4-15(5-3-14)12-24-13-17(8-11-19(24)25)21(27)23-18-9-6-16(7-10-18)20(22)26/h2-11,13H,12H2,1H3,(H2,22,26)(H,23,27). The highest BCUT2D eigenvalue weighted by atomic mass is 16.2. The second kappa shape index (κ2) is 7.70. The fraction of sp³-hybridized carbons (Fsp3) is 0.0952. The second-order valence-electron chi connectivity index (χ2n) is 6.27. The molecule has 0 aliphatic heterocycles. The SMILES string of the molecule is Cc1ccc(Cn2cc(C(=O)Nc3ccc(C(N)=O)cc3)ccc2=O)cc1. The minimum Gasteiger partial charge on any atom is -0.366 e. The van der Waals surface area contributed by atoms with Crippen LogP contribution in [0.3, 0.4) is 0 Å². The Hall–Kier alpha value is -3.67. The molecule has 2 amide bonds. The van der Waals surface area contributed by atoms with Crippen LogP contribution >= 0.6 is 0 Å². The fourth-order valence-corrected chi connectivity index (χ4v) is 2.60. The van der Waals surface area contributed by atoms with Crippen LogP contribution in [0.5, 0.6) is 0 Å². The molecule has 3 N–H and O–H groups in total. The first-order chi connectivity index (χ1) is 12.9. The van der Waals surface area contributed by atoms with Crippen LogP contribution in [0.4, 0.5) is 5.69 Å². The van der Waals surface area contributed by atoms with Crippen molar-refractivity contribution >= 4 is 17.5 Å². The van der Waals surface area contributed by atoms with Crippen molar-refractivity contribution in [3.8, 4) is 0 Å². The number of hydrogen-bond donors (Lipinski definition) is 2. The third-order valence-corrected chi connectivity index (χ3v) is 4.15. The number of aromatic nitrogens is 1. The quantitative estimate of drug-likeness (QED) is 0.731. The summed E-state index contributed by atoms with van der Waals surface area (Å²) < 4.78 is 1.50. The van der Waals surface area contributed by atoms with E-state index in [2.05, 4.69) is 5.32 Å². The predicted molar refractivity (Wildman–Crippen MR) is 104 cm³/mol. The number of anilines is 1. The number of nitrogens with zero attached hydrogens (tertiary/aromatic N) is 1. The highest BCUT2D eigenvalue weighted by Crippen LogP contribution is 2.11. The van der Waals surface area contributed by atoms with Crippen LogP contribution in [0, 0.1) is 6.92 Å². The number of carbonyl (C=O) groups is 2. The van der Waals surface area contributed by atoms with Crippen molar-refractivity contribution < 1.29 is 9.59 Å². The molecule has 0 bridgehead atoms. The van der Waals surface area contributed by atoms with E-state index in [-0.39, 0.29) is 11.5 Å². The van der Waals surface area contributed by atoms with Crippen LogP contribution in [-0.4, -0.2) is 16.4 Å². The molecule has 136 valence electrons. The highest BCUT2D eigenvalue weighted by Gasteiger charge is 2.09. The smallest absolute Gasteiger partial charge is 0.257 e. The average Bonchev–Trinajstić information content (AvgIpc) is 2.65. The van der Waals surface area contributed by atoms with E-state index >= 15 is 0 Å². The Morgan fingerprint density at radius 3 is 2.19 bits per heavy atom. The van der Waals surface area contributed by atoms with Crippen LogP contribution < -0.4 is 16.6 Å². The van der Waals surface area contributed by atoms with Gasteiger partial charge >= 0.3 is 0 Å². The average molecular weight is 361 g/mol. The third-order valence-electron chi connectivity index (χ3n) is 4.15. The number of amides is 2. The normalized spacial score (nSPS) is 10.4. The maximum absolute atomic E-state index is 12.5. The Balaban J connectivity index is 1.78. The maximum Gasteiger partial charge on any atom is 0.257 e. The van der Waals surface area contributed by atoms with E-state index in [4.69, 9.17) is 5.73 Å². The number of nitrogens with two attached hydrogens (primary N) is 1. The number of carbonyl (C=O) groups excluding carboxylic acids is 2. The van der Waals surface area contributed by atoms with Crippen molar-refractivity contribution in [2.45, 2.75) is 13.5 Å². The van der Waals surface area contributed by atoms with Crippen molar-refractivity contribution in [1.82, 2.24) is 4.57 Å². The highest BCUT2D eigenvalue weighted by molar-refractivity contribution is 6.04. The summed E-state index contributed by atoms with van der Waals surface area (Å²) in [5.41, 5.74) is 8.38. The molecule has 6 heteroatoms. The predicted octanol–water partition coefficient (Wildman–Crippen LogP) is 2.56. The number of hydrogen-bond acceptors (Lipinski definition) is 3. The summed E-state index contributed by atoms with van der Waals surface area (Å²) in [6.07, 6.45) is 1.54. The summed E-state index contributed by atoms with van der Waals surface area (Å²) in [5, 5.41) is 2.74. The molecular weight excluding hydrogens is 342 g/mol. The molecule has 0 saturated carbocycles. The van der Waals surface area contributed by atoms with E-state index < -0.39 is 5.91 Å². The lowest BCUT2D eigenvalue weighted by Gasteiger charge is -2.10. The van der Waals surface area contributed by atoms with Gasteiger partial charge in [-0.1, -0.05) is 29.8 Å². The minimum atomic E-state index is -0.531. The summed E-state index contributed by atoms with van der Waals surface area (Å²) in [4.78, 5) is 35.7. The van der Waals surface area contributed by atoms with Gasteiger partial charge in [0.2, 0.25) is 5.91 Å². The van der Waals surface area contributed by atoms with Crippen molar-refractivity contribution in [2.24, 2.45) is 5.73 Å². The molecule has 0 saturated heterocycles. The molecular formula is C21H19N3O3. The summed E-state index contributed by atoms with van der Waals surface area (Å²) in [6.45, 7) is 2.38. The lowest BCUT2D eigenvalue weighted by atomic mass is 10.1. The number of primary amides is 1. The Bertz CT molecular complexity index is 1040. The lowest BCUT2D eigenvalue weighted by molar-refractivity contribution is 0.0998. The van der Waals surface area contributed by atoms with Crippen LogP contribution in [0.2, 0.25) is 0 Å². The third kappa shape index (κ3) is 4.49. The Kier molecular flexibility index (Phi) is 5.17. The number of aryl methyl sites for hydroxylation is 1. The van der Waals surface area contributed by atoms with Gasteiger partial charge in [0.25, 0.3) is 11.5 Å². The Morgan fingerprint density at radius 1 is 0.926 bits per heavy atom. The molecule has 0 spiro atoms. The van der Waals surface area contributed by atoms with Gasteiger partial charge in [0.05, 0.1) is 12.1 Å². The first-order valence-electron chi connectivity index (χ1n) is 8.39. The first kappa shape index (κ1) is 18.1. The molecule has 1 heterocycles. The van der Waals surface area contributed by atoms with E-state index in [1.807, 2.05) is 31.2 Å². The minimum absolute atomic E-state index is 0.182. The number of rotatable bonds is 5. The monoisotopic (exact) mass is 361 g/mol. The molecule has 3 aromatic rings. The van der Waals surface area contributed by atoms with Crippen molar-refractivity contribution in [1.29, 1.82) is 0 Å². The van der Waals surface area contributed by atoms with Gasteiger partial charge in [-0.3, -0.25) is 14.4 Å². The number of nitrogens with one attached hydrogen (secondary N) is 1. The molecule has 0 radical (unpaired) electrons. The molecule has 3 rings (SSSR count). The zero-order valence-corrected chi connectivity index (χ0v) is 14.8. The van der Waals surface area contributed by atoms with Gasteiger partial charge in [-0.2, -0.15) is 0 Å². The molecule has 6 nitrogen and oxygen atoms in total.